The third-order valence-corrected chi connectivity index (χ3v) is 12.6. The Morgan fingerprint density at radius 2 is 1.70 bits per heavy atom. The fourth-order valence-electron chi connectivity index (χ4n) is 9.08. The maximum atomic E-state index is 4.25. The number of rotatable bonds is 1. The molecule has 3 saturated carbocycles. The molecule has 1 nitrogen and oxygen atoms in total. The number of hydrogen-bond donors (Lipinski definition) is 1. The average Bonchev–Trinajstić information content (AvgIpc) is 3.30. The van der Waals surface area contributed by atoms with Gasteiger partial charge in [0.05, 0.1) is 0 Å². The predicted octanol–water partition coefficient (Wildman–Crippen LogP) is 7.22. The van der Waals surface area contributed by atoms with Crippen molar-refractivity contribution in [2.45, 2.75) is 120 Å². The molecule has 5 fully saturated rings. The molecule has 2 heteroatoms. The van der Waals surface area contributed by atoms with Crippen molar-refractivity contribution in [1.29, 1.82) is 0 Å². The topological polar surface area (TPSA) is 12.0 Å². The van der Waals surface area contributed by atoms with Crippen LogP contribution in [0.4, 0.5) is 0 Å². The highest BCUT2D eigenvalue weighted by atomic mass is 32.2. The van der Waals surface area contributed by atoms with Gasteiger partial charge in [-0.2, -0.15) is 11.8 Å². The van der Waals surface area contributed by atoms with Crippen LogP contribution in [0, 0.1) is 40.9 Å². The van der Waals surface area contributed by atoms with E-state index in [1.165, 1.54) is 70.6 Å². The minimum Gasteiger partial charge on any atom is -0.311 e. The highest BCUT2D eigenvalue weighted by molar-refractivity contribution is 8.00. The van der Waals surface area contributed by atoms with E-state index in [0.29, 0.717) is 5.41 Å². The normalized spacial score (nSPS) is 50.8. The van der Waals surface area contributed by atoms with Crippen LogP contribution in [-0.4, -0.2) is 22.6 Å². The molecule has 4 aliphatic carbocycles. The Labute approximate surface area is 190 Å². The first-order valence-electron chi connectivity index (χ1n) is 13.6. The number of allylic oxidation sites excluding steroid dienone is 2. The molecule has 6 rings (SSSR count). The minimum atomic E-state index is 0.481. The van der Waals surface area contributed by atoms with Crippen LogP contribution < -0.4 is 5.32 Å². The van der Waals surface area contributed by atoms with Gasteiger partial charge in [0.25, 0.3) is 0 Å². The molecule has 30 heavy (non-hydrogen) atoms. The van der Waals surface area contributed by atoms with Crippen LogP contribution in [0.15, 0.2) is 11.6 Å². The van der Waals surface area contributed by atoms with E-state index in [1.807, 2.05) is 5.57 Å². The molecule has 10 atom stereocenters. The van der Waals surface area contributed by atoms with Gasteiger partial charge in [-0.3, -0.25) is 0 Å². The van der Waals surface area contributed by atoms with Gasteiger partial charge in [-0.15, -0.1) is 0 Å². The summed E-state index contributed by atoms with van der Waals surface area (Å²) >= 11 is 2.49. The van der Waals surface area contributed by atoms with Crippen LogP contribution in [0.3, 0.4) is 0 Å². The monoisotopic (exact) mass is 427 g/mol. The third-order valence-electron chi connectivity index (χ3n) is 10.7. The van der Waals surface area contributed by atoms with Crippen molar-refractivity contribution in [3.8, 4) is 0 Å². The van der Waals surface area contributed by atoms with Crippen molar-refractivity contribution in [3.63, 3.8) is 0 Å². The van der Waals surface area contributed by atoms with E-state index in [2.05, 4.69) is 43.9 Å². The molecule has 0 bridgehead atoms. The zero-order chi connectivity index (χ0) is 20.5. The second-order valence-electron chi connectivity index (χ2n) is 13.1. The molecular formula is C28H45NS. The van der Waals surface area contributed by atoms with E-state index < -0.39 is 0 Å². The Morgan fingerprint density at radius 1 is 0.867 bits per heavy atom. The molecule has 0 spiro atoms. The van der Waals surface area contributed by atoms with Crippen LogP contribution in [-0.2, 0) is 0 Å². The number of hydrogen-bond acceptors (Lipinski definition) is 2. The fraction of sp³-hybridized carbons (Fsp3) is 0.929. The number of thioether (sulfide) groups is 1. The van der Waals surface area contributed by atoms with Crippen LogP contribution in [0.1, 0.15) is 97.8 Å². The summed E-state index contributed by atoms with van der Waals surface area (Å²) in [6.07, 6.45) is 20.5. The Hall–Kier alpha value is 0.0500. The van der Waals surface area contributed by atoms with Gasteiger partial charge in [-0.1, -0.05) is 45.3 Å². The molecule has 168 valence electrons. The van der Waals surface area contributed by atoms with Crippen molar-refractivity contribution in [2.75, 3.05) is 0 Å². The molecule has 0 aromatic heterocycles. The molecule has 10 unspecified atom stereocenters. The van der Waals surface area contributed by atoms with E-state index in [-0.39, 0.29) is 0 Å². The first-order valence-corrected chi connectivity index (χ1v) is 14.5. The van der Waals surface area contributed by atoms with Gasteiger partial charge in [-0.05, 0) is 105 Å². The lowest BCUT2D eigenvalue weighted by Crippen LogP contribution is -2.42. The van der Waals surface area contributed by atoms with E-state index >= 15 is 0 Å². The highest BCUT2D eigenvalue weighted by Crippen LogP contribution is 2.60. The summed E-state index contributed by atoms with van der Waals surface area (Å²) in [5.74, 6) is 5.97. The van der Waals surface area contributed by atoms with Gasteiger partial charge in [0.2, 0.25) is 0 Å². The summed E-state index contributed by atoms with van der Waals surface area (Å²) in [7, 11) is 0. The van der Waals surface area contributed by atoms with Crippen molar-refractivity contribution in [1.82, 2.24) is 5.32 Å². The molecule has 0 aromatic rings. The average molecular weight is 428 g/mol. The van der Waals surface area contributed by atoms with Gasteiger partial charge in [0, 0.05) is 22.6 Å². The first kappa shape index (κ1) is 20.6. The van der Waals surface area contributed by atoms with Gasteiger partial charge >= 0.3 is 0 Å². The third kappa shape index (κ3) is 3.46. The Bertz CT molecular complexity index is 677. The zero-order valence-electron chi connectivity index (χ0n) is 19.7. The molecule has 1 N–H and O–H groups in total. The zero-order valence-corrected chi connectivity index (χ0v) is 20.6. The molecule has 0 aromatic carbocycles. The Morgan fingerprint density at radius 3 is 2.50 bits per heavy atom. The lowest BCUT2D eigenvalue weighted by Gasteiger charge is -2.42. The lowest BCUT2D eigenvalue weighted by atomic mass is 9.63. The predicted molar refractivity (Wildman–Crippen MR) is 130 cm³/mol. The quantitative estimate of drug-likeness (QED) is 0.443. The van der Waals surface area contributed by atoms with E-state index in [4.69, 9.17) is 0 Å². The van der Waals surface area contributed by atoms with Crippen LogP contribution in [0.5, 0.6) is 0 Å². The van der Waals surface area contributed by atoms with Crippen molar-refractivity contribution in [3.05, 3.63) is 11.6 Å². The number of nitrogens with one attached hydrogen (secondary N) is 1. The summed E-state index contributed by atoms with van der Waals surface area (Å²) in [6, 6.07) is 1.69. The summed E-state index contributed by atoms with van der Waals surface area (Å²) in [6.45, 7) is 7.32. The van der Waals surface area contributed by atoms with Crippen molar-refractivity contribution < 1.29 is 0 Å². The molecular weight excluding hydrogens is 382 g/mol. The number of fused-ring (bicyclic) bond motifs is 7. The summed E-state index contributed by atoms with van der Waals surface area (Å²) in [5.41, 5.74) is 2.33. The van der Waals surface area contributed by atoms with Crippen molar-refractivity contribution in [2.24, 2.45) is 40.9 Å². The van der Waals surface area contributed by atoms with Crippen LogP contribution >= 0.6 is 11.8 Å². The molecule has 2 aliphatic heterocycles. The molecule has 6 aliphatic rings. The van der Waals surface area contributed by atoms with Gasteiger partial charge in [-0.25, -0.2) is 0 Å². The smallest absolute Gasteiger partial charge is 0.0128 e. The maximum Gasteiger partial charge on any atom is 0.0128 e. The van der Waals surface area contributed by atoms with Gasteiger partial charge < -0.3 is 5.32 Å². The van der Waals surface area contributed by atoms with E-state index in [9.17, 15) is 0 Å². The van der Waals surface area contributed by atoms with Gasteiger partial charge in [0.15, 0.2) is 0 Å². The molecule has 2 heterocycles. The Kier molecular flexibility index (Phi) is 5.38. The first-order chi connectivity index (χ1) is 14.5. The van der Waals surface area contributed by atoms with E-state index in [1.54, 1.807) is 6.42 Å². The maximum absolute atomic E-state index is 4.25. The van der Waals surface area contributed by atoms with Crippen LogP contribution in [0.2, 0.25) is 0 Å². The molecule has 0 amide bonds. The highest BCUT2D eigenvalue weighted by Gasteiger charge is 2.57. The minimum absolute atomic E-state index is 0.481. The van der Waals surface area contributed by atoms with Crippen LogP contribution in [0.25, 0.3) is 0 Å². The standard InChI is InChI=1S/C28H45NS/c1-28(2,3)19-11-8-17(9-12-19)18-10-13-22-24(16-18)29-23-15-14-21-20-6-4-5-7-25(20)30-27(21)26(22)23/h8,18-27,29H,4-7,9-16H2,1-3H3. The molecule has 2 saturated heterocycles. The lowest BCUT2D eigenvalue weighted by molar-refractivity contribution is 0.148. The summed E-state index contributed by atoms with van der Waals surface area (Å²) in [4.78, 5) is 0. The van der Waals surface area contributed by atoms with Crippen molar-refractivity contribution >= 4 is 11.8 Å². The second-order valence-corrected chi connectivity index (χ2v) is 14.5. The fourth-order valence-corrected chi connectivity index (χ4v) is 11.4. The van der Waals surface area contributed by atoms with Gasteiger partial charge in [0.1, 0.15) is 0 Å². The summed E-state index contributed by atoms with van der Waals surface area (Å²) < 4.78 is 0. The second kappa shape index (κ2) is 7.82. The largest absolute Gasteiger partial charge is 0.311 e. The summed E-state index contributed by atoms with van der Waals surface area (Å²) in [5, 5.41) is 6.30. The van der Waals surface area contributed by atoms with E-state index in [0.717, 1.165) is 58.1 Å². The molecule has 0 radical (unpaired) electrons. The SMILES string of the molecule is CC(C)(C)C1CC=C(C2CCC3C(C2)NC2CCC4C5CCCCC5SC4C23)CC1. The Balaban J connectivity index is 1.13.